The molecule has 0 radical (unpaired) electrons. The van der Waals surface area contributed by atoms with Crippen molar-refractivity contribution in [1.29, 1.82) is 0 Å². The minimum absolute atomic E-state index is 0.00610. The fourth-order valence-electron chi connectivity index (χ4n) is 3.04. The Balaban J connectivity index is 2.23. The lowest BCUT2D eigenvalue weighted by Gasteiger charge is -2.34. The van der Waals surface area contributed by atoms with Crippen LogP contribution in [0.4, 0.5) is 8.78 Å². The lowest BCUT2D eigenvalue weighted by Crippen LogP contribution is -2.43. The predicted molar refractivity (Wildman–Crippen MR) is 82.3 cm³/mol. The summed E-state index contributed by atoms with van der Waals surface area (Å²) < 4.78 is 28.1. The van der Waals surface area contributed by atoms with Crippen molar-refractivity contribution in [1.82, 2.24) is 14.7 Å². The molecule has 23 heavy (non-hydrogen) atoms. The second-order valence-corrected chi connectivity index (χ2v) is 6.71. The Labute approximate surface area is 135 Å². The van der Waals surface area contributed by atoms with Crippen LogP contribution in [0.3, 0.4) is 0 Å². The zero-order chi connectivity index (χ0) is 17.1. The third kappa shape index (κ3) is 4.07. The predicted octanol–water partition coefficient (Wildman–Crippen LogP) is 2.71. The van der Waals surface area contributed by atoms with E-state index < -0.39 is 18.4 Å². The maximum atomic E-state index is 13.4. The van der Waals surface area contributed by atoms with Crippen molar-refractivity contribution in [2.45, 2.75) is 52.7 Å². The largest absolute Gasteiger partial charge is 0.393 e. The Morgan fingerprint density at radius 3 is 2.70 bits per heavy atom. The summed E-state index contributed by atoms with van der Waals surface area (Å²) in [6, 6.07) is 0. The van der Waals surface area contributed by atoms with Crippen LogP contribution >= 0.6 is 0 Å². The maximum absolute atomic E-state index is 13.4. The Hall–Kier alpha value is -1.50. The first kappa shape index (κ1) is 17.8. The molecule has 0 bridgehead atoms. The zero-order valence-corrected chi connectivity index (χ0v) is 13.9. The number of hydrogen-bond donors (Lipinski definition) is 1. The van der Waals surface area contributed by atoms with Crippen LogP contribution in [0, 0.1) is 11.8 Å². The molecule has 0 aromatic carbocycles. The average Bonchev–Trinajstić information content (AvgIpc) is 2.89. The molecule has 2 rings (SSSR count). The van der Waals surface area contributed by atoms with Gasteiger partial charge in [-0.2, -0.15) is 5.10 Å². The lowest BCUT2D eigenvalue weighted by atomic mass is 9.93. The van der Waals surface area contributed by atoms with Gasteiger partial charge in [0.25, 0.3) is 12.3 Å². The van der Waals surface area contributed by atoms with Gasteiger partial charge in [-0.3, -0.25) is 9.48 Å². The van der Waals surface area contributed by atoms with Gasteiger partial charge in [0.05, 0.1) is 17.9 Å². The highest BCUT2D eigenvalue weighted by Crippen LogP contribution is 2.27. The molecule has 2 heterocycles. The van der Waals surface area contributed by atoms with E-state index in [1.54, 1.807) is 11.8 Å². The molecule has 0 aliphatic carbocycles. The van der Waals surface area contributed by atoms with Gasteiger partial charge in [0.15, 0.2) is 0 Å². The minimum atomic E-state index is -2.74. The second-order valence-electron chi connectivity index (χ2n) is 6.71. The number of amides is 1. The van der Waals surface area contributed by atoms with Crippen LogP contribution in [-0.2, 0) is 6.54 Å². The molecule has 1 fully saturated rings. The van der Waals surface area contributed by atoms with Crippen LogP contribution in [0.2, 0.25) is 0 Å². The lowest BCUT2D eigenvalue weighted by molar-refractivity contribution is 0.0458. The smallest absolute Gasteiger partial charge is 0.280 e. The maximum Gasteiger partial charge on any atom is 0.280 e. The van der Waals surface area contributed by atoms with Gasteiger partial charge in [0.1, 0.15) is 5.69 Å². The summed E-state index contributed by atoms with van der Waals surface area (Å²) in [5, 5.41) is 13.7. The Kier molecular flexibility index (Phi) is 5.73. The fraction of sp³-hybridized carbons (Fsp3) is 0.750. The van der Waals surface area contributed by atoms with Crippen molar-refractivity contribution >= 4 is 5.91 Å². The fourth-order valence-corrected chi connectivity index (χ4v) is 3.04. The van der Waals surface area contributed by atoms with E-state index in [0.717, 1.165) is 12.8 Å². The van der Waals surface area contributed by atoms with Crippen LogP contribution in [-0.4, -0.2) is 44.9 Å². The molecule has 1 aromatic heterocycles. The number of nitrogens with zero attached hydrogens (tertiary/aromatic N) is 3. The van der Waals surface area contributed by atoms with E-state index in [1.807, 2.05) is 13.8 Å². The third-order valence-electron chi connectivity index (χ3n) is 4.28. The van der Waals surface area contributed by atoms with E-state index in [1.165, 1.54) is 10.9 Å². The summed E-state index contributed by atoms with van der Waals surface area (Å²) in [7, 11) is 0. The molecule has 0 spiro atoms. The summed E-state index contributed by atoms with van der Waals surface area (Å²) in [5.41, 5.74) is -0.324. The van der Waals surface area contributed by atoms with E-state index in [-0.39, 0.29) is 23.1 Å². The van der Waals surface area contributed by atoms with Crippen LogP contribution in [0.1, 0.15) is 56.1 Å². The van der Waals surface area contributed by atoms with Crippen LogP contribution in [0.5, 0.6) is 0 Å². The first-order valence-corrected chi connectivity index (χ1v) is 8.12. The molecule has 7 heteroatoms. The molecule has 5 nitrogen and oxygen atoms in total. The summed E-state index contributed by atoms with van der Waals surface area (Å²) >= 11 is 0. The van der Waals surface area contributed by atoms with Gasteiger partial charge in [-0.15, -0.1) is 0 Å². The molecule has 130 valence electrons. The van der Waals surface area contributed by atoms with E-state index in [9.17, 15) is 18.7 Å². The number of carbonyl (C=O) groups excluding carboxylic acids is 1. The van der Waals surface area contributed by atoms with Crippen molar-refractivity contribution in [2.24, 2.45) is 11.8 Å². The summed E-state index contributed by atoms with van der Waals surface area (Å²) in [4.78, 5) is 14.2. The van der Waals surface area contributed by atoms with E-state index >= 15 is 0 Å². The molecule has 2 atom stereocenters. The monoisotopic (exact) mass is 329 g/mol. The molecular weight excluding hydrogens is 304 g/mol. The first-order chi connectivity index (χ1) is 10.8. The van der Waals surface area contributed by atoms with Crippen LogP contribution < -0.4 is 0 Å². The highest BCUT2D eigenvalue weighted by atomic mass is 19.3. The second kappa shape index (κ2) is 7.38. The van der Waals surface area contributed by atoms with Crippen LogP contribution in [0.15, 0.2) is 6.20 Å². The number of rotatable bonds is 5. The van der Waals surface area contributed by atoms with Crippen molar-refractivity contribution in [2.75, 3.05) is 13.1 Å². The van der Waals surface area contributed by atoms with Crippen LogP contribution in [0.25, 0.3) is 0 Å². The highest BCUT2D eigenvalue weighted by Gasteiger charge is 2.31. The molecule has 1 aliphatic heterocycles. The quantitative estimate of drug-likeness (QED) is 0.903. The van der Waals surface area contributed by atoms with E-state index in [2.05, 4.69) is 5.10 Å². The molecule has 1 aromatic rings. The van der Waals surface area contributed by atoms with Gasteiger partial charge < -0.3 is 10.0 Å². The number of carbonyl (C=O) groups is 1. The molecule has 1 saturated heterocycles. The molecule has 0 saturated carbocycles. The molecule has 1 aliphatic rings. The summed E-state index contributed by atoms with van der Waals surface area (Å²) in [5.74, 6) is -0.265. The number of aromatic nitrogens is 2. The number of aliphatic hydroxyl groups excluding tert-OH is 1. The Bertz CT molecular complexity index is 543. The molecule has 1 N–H and O–H groups in total. The minimum Gasteiger partial charge on any atom is -0.393 e. The molecule has 1 amide bonds. The average molecular weight is 329 g/mol. The van der Waals surface area contributed by atoms with Gasteiger partial charge in [-0.1, -0.05) is 13.8 Å². The van der Waals surface area contributed by atoms with Gasteiger partial charge >= 0.3 is 0 Å². The molecular formula is C16H25F2N3O2. The normalized spacial score (nSPS) is 20.3. The highest BCUT2D eigenvalue weighted by molar-refractivity contribution is 5.95. The number of piperidine rings is 1. The van der Waals surface area contributed by atoms with Crippen molar-refractivity contribution < 1.29 is 18.7 Å². The summed E-state index contributed by atoms with van der Waals surface area (Å²) in [6.45, 7) is 6.80. The third-order valence-corrected chi connectivity index (χ3v) is 4.28. The van der Waals surface area contributed by atoms with Gasteiger partial charge in [-0.25, -0.2) is 8.78 Å². The van der Waals surface area contributed by atoms with Gasteiger partial charge in [-0.05, 0) is 25.7 Å². The number of aliphatic hydroxyl groups is 1. The Morgan fingerprint density at radius 2 is 2.13 bits per heavy atom. The van der Waals surface area contributed by atoms with Crippen molar-refractivity contribution in [3.05, 3.63) is 17.5 Å². The number of halogens is 2. The van der Waals surface area contributed by atoms with Crippen molar-refractivity contribution in [3.8, 4) is 0 Å². The summed E-state index contributed by atoms with van der Waals surface area (Å²) in [6.07, 6.45) is -0.393. The van der Waals surface area contributed by atoms with Crippen molar-refractivity contribution in [3.63, 3.8) is 0 Å². The van der Waals surface area contributed by atoms with Gasteiger partial charge in [0, 0.05) is 25.6 Å². The first-order valence-electron chi connectivity index (χ1n) is 8.12. The van der Waals surface area contributed by atoms with E-state index in [4.69, 9.17) is 0 Å². The number of likely N-dealkylation sites (tertiary alicyclic amines) is 1. The van der Waals surface area contributed by atoms with E-state index in [0.29, 0.717) is 19.6 Å². The number of alkyl halides is 2. The van der Waals surface area contributed by atoms with Gasteiger partial charge in [0.2, 0.25) is 0 Å². The standard InChI is InChI=1S/C16H25F2N3O2/c1-10(2)8-21-14(15(17)18)13(7-19-21)16(23)20-6-4-5-12(9-20)11(3)22/h7,10-12,15,22H,4-6,8-9H2,1-3H3. The number of hydrogen-bond acceptors (Lipinski definition) is 3. The zero-order valence-electron chi connectivity index (χ0n) is 13.9. The topological polar surface area (TPSA) is 58.4 Å². The SMILES string of the molecule is CC(C)Cn1ncc(C(=O)N2CCCC(C(C)O)C2)c1C(F)F. The molecule has 2 unspecified atom stereocenters. The Morgan fingerprint density at radius 1 is 1.43 bits per heavy atom.